The lowest BCUT2D eigenvalue weighted by atomic mass is 10.2. The van der Waals surface area contributed by atoms with Crippen LogP contribution in [0.2, 0.25) is 0 Å². The second-order valence-corrected chi connectivity index (χ2v) is 7.80. The van der Waals surface area contributed by atoms with E-state index in [0.717, 1.165) is 40.6 Å². The van der Waals surface area contributed by atoms with E-state index < -0.39 is 0 Å². The number of methoxy groups -OCH3 is 1. The molecule has 1 aliphatic carbocycles. The number of rotatable bonds is 7. The largest absolute Gasteiger partial charge is 0.497 e. The van der Waals surface area contributed by atoms with E-state index in [9.17, 15) is 4.79 Å². The van der Waals surface area contributed by atoms with Gasteiger partial charge in [0.15, 0.2) is 0 Å². The quantitative estimate of drug-likeness (QED) is 0.828. The van der Waals surface area contributed by atoms with Gasteiger partial charge in [-0.2, -0.15) is 0 Å². The van der Waals surface area contributed by atoms with Crippen molar-refractivity contribution in [3.05, 3.63) is 35.3 Å². The van der Waals surface area contributed by atoms with Crippen molar-refractivity contribution in [3.63, 3.8) is 0 Å². The van der Waals surface area contributed by atoms with Crippen LogP contribution in [0.15, 0.2) is 29.6 Å². The van der Waals surface area contributed by atoms with Crippen LogP contribution in [-0.4, -0.2) is 29.3 Å². The maximum atomic E-state index is 11.9. The van der Waals surface area contributed by atoms with Gasteiger partial charge in [0, 0.05) is 22.7 Å². The van der Waals surface area contributed by atoms with Crippen LogP contribution in [0.1, 0.15) is 25.5 Å². The minimum Gasteiger partial charge on any atom is -0.497 e. The van der Waals surface area contributed by atoms with Gasteiger partial charge in [0.2, 0.25) is 5.91 Å². The first-order chi connectivity index (χ1) is 11.2. The highest BCUT2D eigenvalue weighted by atomic mass is 32.2. The molecule has 4 nitrogen and oxygen atoms in total. The smallest absolute Gasteiger partial charge is 0.233 e. The van der Waals surface area contributed by atoms with E-state index in [1.165, 1.54) is 0 Å². The Labute approximate surface area is 144 Å². The van der Waals surface area contributed by atoms with E-state index in [2.05, 4.69) is 15.7 Å². The van der Waals surface area contributed by atoms with E-state index >= 15 is 0 Å². The number of nitrogens with one attached hydrogen (secondary N) is 1. The van der Waals surface area contributed by atoms with Gasteiger partial charge in [0.25, 0.3) is 0 Å². The van der Waals surface area contributed by atoms with Crippen molar-refractivity contribution in [3.8, 4) is 16.3 Å². The Morgan fingerprint density at radius 1 is 1.43 bits per heavy atom. The maximum absolute atomic E-state index is 11.9. The van der Waals surface area contributed by atoms with E-state index in [0.29, 0.717) is 6.04 Å². The van der Waals surface area contributed by atoms with Crippen LogP contribution in [-0.2, 0) is 10.5 Å². The van der Waals surface area contributed by atoms with Crippen LogP contribution in [0.5, 0.6) is 5.75 Å². The Kier molecular flexibility index (Phi) is 5.23. The first kappa shape index (κ1) is 16.3. The summed E-state index contributed by atoms with van der Waals surface area (Å²) in [5.74, 6) is 1.74. The Bertz CT molecular complexity index is 665. The van der Waals surface area contributed by atoms with Crippen LogP contribution in [0, 0.1) is 0 Å². The van der Waals surface area contributed by atoms with E-state index in [1.807, 2.05) is 31.2 Å². The monoisotopic (exact) mass is 348 g/mol. The molecule has 1 aliphatic rings. The Morgan fingerprint density at radius 2 is 2.17 bits per heavy atom. The van der Waals surface area contributed by atoms with Crippen LogP contribution < -0.4 is 10.1 Å². The van der Waals surface area contributed by atoms with Crippen LogP contribution in [0.25, 0.3) is 10.6 Å². The SMILES string of the molecule is COc1ccc(-c2nc(CSC(C)C(=O)NC3CC3)cs2)cc1. The lowest BCUT2D eigenvalue weighted by Gasteiger charge is -2.10. The first-order valence-corrected chi connectivity index (χ1v) is 9.59. The predicted molar refractivity (Wildman–Crippen MR) is 96.0 cm³/mol. The molecule has 0 saturated heterocycles. The Morgan fingerprint density at radius 3 is 2.83 bits per heavy atom. The van der Waals surface area contributed by atoms with Crippen molar-refractivity contribution >= 4 is 29.0 Å². The van der Waals surface area contributed by atoms with Gasteiger partial charge in [0.1, 0.15) is 10.8 Å². The number of carbonyl (C=O) groups is 1. The summed E-state index contributed by atoms with van der Waals surface area (Å²) in [7, 11) is 1.66. The first-order valence-electron chi connectivity index (χ1n) is 7.66. The highest BCUT2D eigenvalue weighted by molar-refractivity contribution is 7.99. The van der Waals surface area contributed by atoms with E-state index in [1.54, 1.807) is 30.2 Å². The number of hydrogen-bond donors (Lipinski definition) is 1. The van der Waals surface area contributed by atoms with Crippen molar-refractivity contribution in [2.24, 2.45) is 0 Å². The van der Waals surface area contributed by atoms with Crippen molar-refractivity contribution in [1.29, 1.82) is 0 Å². The van der Waals surface area contributed by atoms with E-state index in [4.69, 9.17) is 4.74 Å². The standard InChI is InChI=1S/C17H20N2O2S2/c1-11(16(20)18-13-5-6-13)22-9-14-10-23-17(19-14)12-3-7-15(21-2)8-4-12/h3-4,7-8,10-11,13H,5-6,9H2,1-2H3,(H,18,20). The number of amides is 1. The average molecular weight is 348 g/mol. The minimum atomic E-state index is -0.0401. The Hall–Kier alpha value is -1.53. The fourth-order valence-corrected chi connectivity index (χ4v) is 3.79. The van der Waals surface area contributed by atoms with E-state index in [-0.39, 0.29) is 11.2 Å². The highest BCUT2D eigenvalue weighted by Gasteiger charge is 2.25. The predicted octanol–water partition coefficient (Wildman–Crippen LogP) is 3.72. The van der Waals surface area contributed by atoms with Crippen molar-refractivity contribution in [2.45, 2.75) is 36.8 Å². The molecular formula is C17H20N2O2S2. The highest BCUT2D eigenvalue weighted by Crippen LogP contribution is 2.28. The topological polar surface area (TPSA) is 51.2 Å². The number of hydrogen-bond acceptors (Lipinski definition) is 5. The normalized spacial score (nSPS) is 15.2. The number of aromatic nitrogens is 1. The average Bonchev–Trinajstić information content (AvgIpc) is 3.26. The number of ether oxygens (including phenoxy) is 1. The van der Waals surface area contributed by atoms with Crippen LogP contribution in [0.3, 0.4) is 0 Å². The Balaban J connectivity index is 1.54. The molecule has 0 aliphatic heterocycles. The second-order valence-electron chi connectivity index (χ2n) is 5.61. The molecule has 1 atom stereocenters. The molecule has 1 aromatic carbocycles. The fraction of sp³-hybridized carbons (Fsp3) is 0.412. The molecule has 2 aromatic rings. The summed E-state index contributed by atoms with van der Waals surface area (Å²) in [4.78, 5) is 16.6. The lowest BCUT2D eigenvalue weighted by molar-refractivity contribution is -0.120. The third kappa shape index (κ3) is 4.48. The number of thioether (sulfide) groups is 1. The molecule has 1 N–H and O–H groups in total. The molecule has 3 rings (SSSR count). The van der Waals surface area contributed by atoms with Crippen LogP contribution >= 0.6 is 23.1 Å². The molecule has 0 spiro atoms. The zero-order valence-electron chi connectivity index (χ0n) is 13.2. The number of thiazole rings is 1. The number of benzene rings is 1. The van der Waals surface area contributed by atoms with Gasteiger partial charge >= 0.3 is 0 Å². The molecule has 1 unspecified atom stereocenters. The third-order valence-corrected chi connectivity index (χ3v) is 5.78. The molecule has 23 heavy (non-hydrogen) atoms. The van der Waals surface area contributed by atoms with Crippen molar-refractivity contribution in [2.75, 3.05) is 7.11 Å². The van der Waals surface area contributed by atoms with Gasteiger partial charge < -0.3 is 10.1 Å². The summed E-state index contributed by atoms with van der Waals surface area (Å²) >= 11 is 3.27. The summed E-state index contributed by atoms with van der Waals surface area (Å²) in [6.45, 7) is 1.96. The van der Waals surface area contributed by atoms with Gasteiger partial charge in [-0.25, -0.2) is 4.98 Å². The summed E-state index contributed by atoms with van der Waals surface area (Å²) in [6, 6.07) is 8.33. The lowest BCUT2D eigenvalue weighted by Crippen LogP contribution is -2.32. The molecule has 1 saturated carbocycles. The van der Waals surface area contributed by atoms with Gasteiger partial charge in [-0.05, 0) is 44.0 Å². The molecule has 1 amide bonds. The van der Waals surface area contributed by atoms with Crippen molar-refractivity contribution in [1.82, 2.24) is 10.3 Å². The maximum Gasteiger partial charge on any atom is 0.233 e. The summed E-state index contributed by atoms with van der Waals surface area (Å²) in [5.41, 5.74) is 2.11. The molecule has 6 heteroatoms. The molecule has 122 valence electrons. The molecule has 1 fully saturated rings. The summed E-state index contributed by atoms with van der Waals surface area (Å²) < 4.78 is 5.17. The summed E-state index contributed by atoms with van der Waals surface area (Å²) in [6.07, 6.45) is 2.25. The van der Waals surface area contributed by atoms with Gasteiger partial charge in [-0.1, -0.05) is 0 Å². The second kappa shape index (κ2) is 7.36. The molecule has 0 bridgehead atoms. The fourth-order valence-electron chi connectivity index (χ4n) is 2.07. The van der Waals surface area contributed by atoms with Gasteiger partial charge in [-0.15, -0.1) is 23.1 Å². The molecular weight excluding hydrogens is 328 g/mol. The number of carbonyl (C=O) groups excluding carboxylic acids is 1. The number of nitrogens with zero attached hydrogens (tertiary/aromatic N) is 1. The van der Waals surface area contributed by atoms with Crippen LogP contribution in [0.4, 0.5) is 0 Å². The molecule has 0 radical (unpaired) electrons. The molecule has 1 aromatic heterocycles. The van der Waals surface area contributed by atoms with Crippen molar-refractivity contribution < 1.29 is 9.53 Å². The molecule has 1 heterocycles. The summed E-state index contributed by atoms with van der Waals surface area (Å²) in [5, 5.41) is 6.07. The van der Waals surface area contributed by atoms with Gasteiger partial charge in [-0.3, -0.25) is 4.79 Å². The zero-order valence-corrected chi connectivity index (χ0v) is 14.9. The van der Waals surface area contributed by atoms with Gasteiger partial charge in [0.05, 0.1) is 18.1 Å². The third-order valence-electron chi connectivity index (χ3n) is 3.66. The minimum absolute atomic E-state index is 0.0401. The zero-order chi connectivity index (χ0) is 16.2.